The van der Waals surface area contributed by atoms with Gasteiger partial charge in [-0.3, -0.25) is 14.4 Å². The van der Waals surface area contributed by atoms with Crippen molar-refractivity contribution in [2.75, 3.05) is 6.61 Å². The molecule has 0 aromatic carbocycles. The normalized spacial score (nSPS) is 19.8. The van der Waals surface area contributed by atoms with E-state index in [0.717, 1.165) is 0 Å². The summed E-state index contributed by atoms with van der Waals surface area (Å²) in [6, 6.07) is -4.28. The van der Waals surface area contributed by atoms with Gasteiger partial charge in [0.2, 0.25) is 11.8 Å². The Kier molecular flexibility index (Phi) is 13.3. The van der Waals surface area contributed by atoms with Gasteiger partial charge in [-0.15, -0.1) is 0 Å². The minimum Gasteiger partial charge on any atom is -0.458 e. The third-order valence-corrected chi connectivity index (χ3v) is 6.63. The summed E-state index contributed by atoms with van der Waals surface area (Å²) in [6.07, 6.45) is 0.774. The highest BCUT2D eigenvalue weighted by atomic mass is 16.6. The minimum atomic E-state index is -0.990. The van der Waals surface area contributed by atoms with Crippen LogP contribution in [0.5, 0.6) is 0 Å². The fourth-order valence-corrected chi connectivity index (χ4v) is 4.28. The molecule has 0 radical (unpaired) electrons. The van der Waals surface area contributed by atoms with Gasteiger partial charge in [-0.05, 0) is 64.2 Å². The van der Waals surface area contributed by atoms with Crippen LogP contribution in [0.3, 0.4) is 0 Å². The van der Waals surface area contributed by atoms with Crippen molar-refractivity contribution >= 4 is 29.6 Å². The number of carbonyl (C=O) groups excluding carboxylic acids is 5. The van der Waals surface area contributed by atoms with E-state index in [1.807, 2.05) is 27.7 Å². The van der Waals surface area contributed by atoms with Gasteiger partial charge in [-0.1, -0.05) is 55.4 Å². The molecular weight excluding hydrogens is 528 g/mol. The van der Waals surface area contributed by atoms with Gasteiger partial charge in [0.1, 0.15) is 29.3 Å². The molecule has 1 heterocycles. The van der Waals surface area contributed by atoms with Crippen LogP contribution in [0.4, 0.5) is 4.79 Å². The molecule has 4 amide bonds. The third kappa shape index (κ3) is 12.4. The highest BCUT2D eigenvalue weighted by molar-refractivity contribution is 5.98. The molecule has 0 spiro atoms. The molecule has 11 heteroatoms. The van der Waals surface area contributed by atoms with Crippen LogP contribution in [0.2, 0.25) is 0 Å². The molecule has 0 saturated carbocycles. The molecule has 41 heavy (non-hydrogen) atoms. The minimum absolute atomic E-state index is 0.0592. The zero-order valence-corrected chi connectivity index (χ0v) is 27.1. The van der Waals surface area contributed by atoms with E-state index in [0.29, 0.717) is 19.4 Å². The first kappa shape index (κ1) is 36.3. The van der Waals surface area contributed by atoms with Crippen molar-refractivity contribution in [3.05, 3.63) is 0 Å². The molecule has 5 atom stereocenters. The van der Waals surface area contributed by atoms with E-state index in [1.165, 1.54) is 0 Å². The zero-order valence-electron chi connectivity index (χ0n) is 27.1. The first-order valence-electron chi connectivity index (χ1n) is 14.8. The number of carbonyl (C=O) groups is 5. The molecule has 0 aliphatic carbocycles. The fourth-order valence-electron chi connectivity index (χ4n) is 4.28. The molecule has 11 nitrogen and oxygen atoms in total. The topological polar surface area (TPSA) is 155 Å². The van der Waals surface area contributed by atoms with Gasteiger partial charge in [0, 0.05) is 0 Å². The molecule has 1 aliphatic heterocycles. The van der Waals surface area contributed by atoms with Crippen LogP contribution in [-0.4, -0.2) is 71.6 Å². The Balaban J connectivity index is 3.03. The number of urea groups is 1. The highest BCUT2D eigenvalue weighted by Gasteiger charge is 2.50. The lowest BCUT2D eigenvalue weighted by molar-refractivity contribution is -0.158. The molecule has 236 valence electrons. The summed E-state index contributed by atoms with van der Waals surface area (Å²) in [5, 5.41) is 10.9. The van der Waals surface area contributed by atoms with E-state index in [9.17, 15) is 24.0 Å². The standard InChI is InChI=1S/C30H54N4O7/c1-16(2)13-20(24(35)30(12)15-40-30)31-25(36)21(14-17(3)4)32-26(37)22(18(5)6)33-28(39)34-23(19(7)8)27(38)41-29(9,10)11/h16-23H,13-15H2,1-12H3,(H,31,36)(H,32,37)(H2,33,34,39)/t20-,21-,22-,23+,30+/m0/s1. The fraction of sp³-hybridized carbons (Fsp3) is 0.833. The van der Waals surface area contributed by atoms with E-state index in [4.69, 9.17) is 9.47 Å². The van der Waals surface area contributed by atoms with Crippen LogP contribution in [-0.2, 0) is 28.7 Å². The maximum absolute atomic E-state index is 13.4. The summed E-state index contributed by atoms with van der Waals surface area (Å²) >= 11 is 0. The lowest BCUT2D eigenvalue weighted by Gasteiger charge is -2.29. The summed E-state index contributed by atoms with van der Waals surface area (Å²) in [4.78, 5) is 65.4. The Hall–Kier alpha value is -2.69. The molecule has 1 saturated heterocycles. The van der Waals surface area contributed by atoms with Gasteiger partial charge in [-0.2, -0.15) is 0 Å². The SMILES string of the molecule is CC(C)C[C@H](NC(=O)[C@@H](NC(=O)N[C@@H](C(=O)OC(C)(C)C)C(C)C)C(C)C)C(=O)N[C@@H](CC(C)C)C(=O)[C@@]1(C)CO1. The summed E-state index contributed by atoms with van der Waals surface area (Å²) in [6.45, 7) is 22.1. The molecule has 0 aromatic heterocycles. The first-order chi connectivity index (χ1) is 18.7. The Morgan fingerprint density at radius 3 is 1.59 bits per heavy atom. The number of ketones is 1. The number of rotatable bonds is 15. The zero-order chi connectivity index (χ0) is 31.9. The Morgan fingerprint density at radius 2 is 1.17 bits per heavy atom. The molecule has 0 aromatic rings. The summed E-state index contributed by atoms with van der Waals surface area (Å²) in [7, 11) is 0. The Bertz CT molecular complexity index is 936. The summed E-state index contributed by atoms with van der Waals surface area (Å²) in [5.41, 5.74) is -1.62. The van der Waals surface area contributed by atoms with Crippen molar-refractivity contribution < 1.29 is 33.4 Å². The van der Waals surface area contributed by atoms with Gasteiger partial charge >= 0.3 is 12.0 Å². The number of nitrogens with one attached hydrogen (secondary N) is 4. The van der Waals surface area contributed by atoms with Crippen molar-refractivity contribution in [2.24, 2.45) is 23.7 Å². The second-order valence-corrected chi connectivity index (χ2v) is 13.9. The Labute approximate surface area is 246 Å². The van der Waals surface area contributed by atoms with Crippen molar-refractivity contribution in [3.63, 3.8) is 0 Å². The van der Waals surface area contributed by atoms with Crippen molar-refractivity contribution in [1.29, 1.82) is 0 Å². The molecule has 0 unspecified atom stereocenters. The summed E-state index contributed by atoms with van der Waals surface area (Å²) < 4.78 is 10.8. The molecule has 1 rings (SSSR count). The van der Waals surface area contributed by atoms with Gasteiger partial charge in [-0.25, -0.2) is 9.59 Å². The van der Waals surface area contributed by atoms with Crippen LogP contribution in [0.25, 0.3) is 0 Å². The lowest BCUT2D eigenvalue weighted by Crippen LogP contribution is -2.60. The van der Waals surface area contributed by atoms with E-state index < -0.39 is 59.2 Å². The molecule has 1 aliphatic rings. The second kappa shape index (κ2) is 15.0. The first-order valence-corrected chi connectivity index (χ1v) is 14.8. The van der Waals surface area contributed by atoms with Crippen LogP contribution in [0.1, 0.15) is 95.9 Å². The van der Waals surface area contributed by atoms with E-state index in [-0.39, 0.29) is 29.5 Å². The second-order valence-electron chi connectivity index (χ2n) is 13.9. The number of epoxide rings is 1. The molecule has 1 fully saturated rings. The smallest absolute Gasteiger partial charge is 0.329 e. The van der Waals surface area contributed by atoms with Crippen molar-refractivity contribution in [2.45, 2.75) is 131 Å². The van der Waals surface area contributed by atoms with Gasteiger partial charge in [0.05, 0.1) is 12.6 Å². The van der Waals surface area contributed by atoms with Crippen LogP contribution >= 0.6 is 0 Å². The van der Waals surface area contributed by atoms with E-state index in [1.54, 1.807) is 55.4 Å². The van der Waals surface area contributed by atoms with E-state index >= 15 is 0 Å². The number of amides is 4. The van der Waals surface area contributed by atoms with Crippen LogP contribution in [0.15, 0.2) is 0 Å². The molecule has 0 bridgehead atoms. The predicted octanol–water partition coefficient (Wildman–Crippen LogP) is 3.10. The number of ether oxygens (including phenoxy) is 2. The highest BCUT2D eigenvalue weighted by Crippen LogP contribution is 2.29. The average molecular weight is 583 g/mol. The van der Waals surface area contributed by atoms with Crippen molar-refractivity contribution in [3.8, 4) is 0 Å². The number of esters is 1. The van der Waals surface area contributed by atoms with Gasteiger partial charge in [0.15, 0.2) is 5.78 Å². The van der Waals surface area contributed by atoms with Gasteiger partial charge < -0.3 is 30.7 Å². The maximum atomic E-state index is 13.4. The number of Topliss-reactive ketones (excluding diaryl/α,β-unsaturated/α-hetero) is 1. The molecule has 4 N–H and O–H groups in total. The van der Waals surface area contributed by atoms with E-state index in [2.05, 4.69) is 21.3 Å². The maximum Gasteiger partial charge on any atom is 0.329 e. The third-order valence-electron chi connectivity index (χ3n) is 6.63. The monoisotopic (exact) mass is 582 g/mol. The van der Waals surface area contributed by atoms with Gasteiger partial charge in [0.25, 0.3) is 0 Å². The molecular formula is C30H54N4O7. The van der Waals surface area contributed by atoms with Crippen LogP contribution < -0.4 is 21.3 Å². The average Bonchev–Trinajstić information content (AvgIpc) is 3.55. The quantitative estimate of drug-likeness (QED) is 0.171. The lowest BCUT2D eigenvalue weighted by atomic mass is 9.92. The Morgan fingerprint density at radius 1 is 0.732 bits per heavy atom. The summed E-state index contributed by atoms with van der Waals surface area (Å²) in [5.74, 6) is -2.15. The number of hydrogen-bond acceptors (Lipinski definition) is 7. The predicted molar refractivity (Wildman–Crippen MR) is 157 cm³/mol. The number of hydrogen-bond donors (Lipinski definition) is 4. The van der Waals surface area contributed by atoms with Crippen LogP contribution in [0, 0.1) is 23.7 Å². The van der Waals surface area contributed by atoms with Crippen molar-refractivity contribution in [1.82, 2.24) is 21.3 Å². The largest absolute Gasteiger partial charge is 0.458 e.